The number of rotatable bonds is 2. The van der Waals surface area contributed by atoms with Crippen molar-refractivity contribution in [3.8, 4) is 0 Å². The van der Waals surface area contributed by atoms with Crippen molar-refractivity contribution >= 4 is 22.3 Å². The topological polar surface area (TPSA) is 0 Å². The zero-order valence-electron chi connectivity index (χ0n) is 20.3. The summed E-state index contributed by atoms with van der Waals surface area (Å²) < 4.78 is 1.04. The summed E-state index contributed by atoms with van der Waals surface area (Å²) in [4.78, 5) is 0. The van der Waals surface area contributed by atoms with Crippen molar-refractivity contribution in [2.75, 3.05) is 0 Å². The molecule has 0 radical (unpaired) electrons. The van der Waals surface area contributed by atoms with Gasteiger partial charge in [0.05, 0.1) is 0 Å². The molecule has 0 N–H and O–H groups in total. The molecule has 176 valence electrons. The van der Waals surface area contributed by atoms with E-state index in [1.54, 1.807) is 33.4 Å². The van der Waals surface area contributed by atoms with Crippen LogP contribution in [-0.2, 0) is 19.2 Å². The van der Waals surface area contributed by atoms with Crippen LogP contribution < -0.4 is 24.8 Å². The van der Waals surface area contributed by atoms with E-state index in [0.29, 0.717) is 8.45 Å². The molecule has 0 fully saturated rings. The summed E-state index contributed by atoms with van der Waals surface area (Å²) in [6.45, 7) is 4.96. The molecule has 2 aliphatic carbocycles. The summed E-state index contributed by atoms with van der Waals surface area (Å²) in [7, 11) is 0. The average Bonchev–Trinajstić information content (AvgIpc) is 3.40. The third kappa shape index (κ3) is 3.54. The third-order valence-corrected chi connectivity index (χ3v) is 10.9. The van der Waals surface area contributed by atoms with Crippen LogP contribution in [0.15, 0.2) is 109 Å². The number of hydrogen-bond acceptors (Lipinski definition) is 0. The molecule has 3 heteroatoms. The smallest absolute Gasteiger partial charge is 1.00 e. The molecule has 1 aliphatic heterocycles. The van der Waals surface area contributed by atoms with E-state index in [-0.39, 0.29) is 30.2 Å². The van der Waals surface area contributed by atoms with Gasteiger partial charge in [0.25, 0.3) is 0 Å². The van der Waals surface area contributed by atoms with Crippen LogP contribution in [0.3, 0.4) is 0 Å². The van der Waals surface area contributed by atoms with Crippen LogP contribution in [0.1, 0.15) is 55.7 Å². The summed E-state index contributed by atoms with van der Waals surface area (Å²) in [5.41, 5.74) is 15.0. The summed E-state index contributed by atoms with van der Waals surface area (Å²) in [5.74, 6) is 0. The zero-order chi connectivity index (χ0) is 22.9. The maximum absolute atomic E-state index is 2.48. The maximum Gasteiger partial charge on any atom is -1.00 e. The molecule has 2 unspecified atom stereocenters. The molecular weight excluding hydrogens is 515 g/mol. The molecule has 0 nitrogen and oxygen atoms in total. The quantitative estimate of drug-likeness (QED) is 0.343. The first-order valence-electron chi connectivity index (χ1n) is 12.2. The van der Waals surface area contributed by atoms with Gasteiger partial charge in [-0.25, -0.2) is 0 Å². The van der Waals surface area contributed by atoms with E-state index in [1.165, 1.54) is 22.3 Å². The largest absolute Gasteiger partial charge is 1.00 e. The van der Waals surface area contributed by atoms with Crippen molar-refractivity contribution in [2.24, 2.45) is 5.41 Å². The Morgan fingerprint density at radius 1 is 0.500 bits per heavy atom. The van der Waals surface area contributed by atoms with Crippen LogP contribution in [0.4, 0.5) is 0 Å². The Bertz CT molecular complexity index is 1390. The van der Waals surface area contributed by atoms with Gasteiger partial charge in [-0.3, -0.25) is 0 Å². The van der Waals surface area contributed by atoms with Gasteiger partial charge in [-0.1, -0.05) is 0 Å². The predicted molar refractivity (Wildman–Crippen MR) is 139 cm³/mol. The van der Waals surface area contributed by atoms with Crippen LogP contribution in [0.2, 0.25) is 0 Å². The monoisotopic (exact) mass is 540 g/mol. The second-order valence-corrected chi connectivity index (χ2v) is 12.5. The molecule has 3 aliphatic rings. The van der Waals surface area contributed by atoms with Crippen LogP contribution >= 0.6 is 0 Å². The van der Waals surface area contributed by atoms with E-state index in [2.05, 4.69) is 123 Å². The minimum atomic E-state index is -0.431. The fourth-order valence-corrected chi connectivity index (χ4v) is 10.0. The molecule has 4 aromatic carbocycles. The number of allylic oxidation sites excluding steroid dienone is 4. The SMILES string of the molecule is CC1(C)C2=C(c3ccccc3)[CH]([Ti+2][CH]3C(c4ccccc4)=C1c1ccccc13)c1ccccc12.[Cl-].[Cl-]. The summed E-state index contributed by atoms with van der Waals surface area (Å²) in [6, 6.07) is 41.0. The van der Waals surface area contributed by atoms with Crippen LogP contribution in [0, 0.1) is 5.41 Å². The van der Waals surface area contributed by atoms with E-state index in [0.717, 1.165) is 0 Å². The molecule has 0 saturated carbocycles. The van der Waals surface area contributed by atoms with E-state index >= 15 is 0 Å². The molecular formula is C33H26Cl2Ti. The Balaban J connectivity index is 0.00000133. The van der Waals surface area contributed by atoms with Crippen molar-refractivity contribution in [3.63, 3.8) is 0 Å². The summed E-state index contributed by atoms with van der Waals surface area (Å²) in [6.07, 6.45) is 0. The van der Waals surface area contributed by atoms with Crippen molar-refractivity contribution in [1.82, 2.24) is 0 Å². The van der Waals surface area contributed by atoms with Gasteiger partial charge < -0.3 is 24.8 Å². The van der Waals surface area contributed by atoms with Gasteiger partial charge in [0.15, 0.2) is 0 Å². The molecule has 0 saturated heterocycles. The summed E-state index contributed by atoms with van der Waals surface area (Å²) >= 11 is -0.431. The van der Waals surface area contributed by atoms with E-state index < -0.39 is 19.2 Å². The number of halogens is 2. The fourth-order valence-electron chi connectivity index (χ4n) is 6.68. The molecule has 1 heterocycles. The second-order valence-electron chi connectivity index (χ2n) is 10.1. The fraction of sp³-hybridized carbons (Fsp3) is 0.152. The Labute approximate surface area is 235 Å². The van der Waals surface area contributed by atoms with Gasteiger partial charge in [-0.2, -0.15) is 0 Å². The minimum Gasteiger partial charge on any atom is -1.00 e. The van der Waals surface area contributed by atoms with Gasteiger partial charge in [0.2, 0.25) is 0 Å². The normalized spacial score (nSPS) is 20.1. The van der Waals surface area contributed by atoms with Crippen molar-refractivity contribution in [1.29, 1.82) is 0 Å². The van der Waals surface area contributed by atoms with E-state index in [1.807, 2.05) is 0 Å². The van der Waals surface area contributed by atoms with Gasteiger partial charge in [0.1, 0.15) is 0 Å². The molecule has 0 amide bonds. The van der Waals surface area contributed by atoms with Gasteiger partial charge in [-0.05, 0) is 0 Å². The first-order chi connectivity index (χ1) is 16.7. The maximum atomic E-state index is 2.48. The molecule has 0 spiro atoms. The summed E-state index contributed by atoms with van der Waals surface area (Å²) in [5, 5.41) is 0. The predicted octanol–water partition coefficient (Wildman–Crippen LogP) is 2.45. The number of hydrogen-bond donors (Lipinski definition) is 0. The van der Waals surface area contributed by atoms with Gasteiger partial charge in [0, 0.05) is 0 Å². The molecule has 36 heavy (non-hydrogen) atoms. The molecule has 7 rings (SSSR count). The Hall–Kier alpha value is -2.35. The van der Waals surface area contributed by atoms with Gasteiger partial charge in [-0.15, -0.1) is 0 Å². The zero-order valence-corrected chi connectivity index (χ0v) is 23.4. The van der Waals surface area contributed by atoms with Gasteiger partial charge >= 0.3 is 212 Å². The van der Waals surface area contributed by atoms with Crippen molar-refractivity contribution in [2.45, 2.75) is 22.3 Å². The third-order valence-electron chi connectivity index (χ3n) is 7.95. The second kappa shape index (κ2) is 9.51. The number of fused-ring (bicyclic) bond motifs is 8. The van der Waals surface area contributed by atoms with Crippen molar-refractivity contribution < 1.29 is 44.0 Å². The van der Waals surface area contributed by atoms with E-state index in [9.17, 15) is 0 Å². The average molecular weight is 541 g/mol. The first-order valence-corrected chi connectivity index (χ1v) is 14.0. The standard InChI is InChI=1S/C33H26.2ClH.Ti/c1-33(2,31-27-19-11-9-17-25(27)21-29(31)23-13-5-3-6-14-23)32-28-20-12-10-18-26(28)22-30(32)24-15-7-4-8-16-24;;;/h3-22H,1-2H3;2*1H;/q;;;+2/p-2. The molecule has 2 atom stereocenters. The Morgan fingerprint density at radius 3 is 1.28 bits per heavy atom. The van der Waals surface area contributed by atoms with Crippen molar-refractivity contribution in [3.05, 3.63) is 143 Å². The first kappa shape index (κ1) is 25.3. The molecule has 4 bridgehead atoms. The Morgan fingerprint density at radius 2 is 0.861 bits per heavy atom. The van der Waals surface area contributed by atoms with Crippen LogP contribution in [0.25, 0.3) is 22.3 Å². The molecule has 0 aromatic heterocycles. The minimum absolute atomic E-state index is 0. The van der Waals surface area contributed by atoms with E-state index in [4.69, 9.17) is 0 Å². The Kier molecular flexibility index (Phi) is 6.69. The van der Waals surface area contributed by atoms with Crippen LogP contribution in [-0.4, -0.2) is 0 Å². The molecule has 4 aromatic rings. The number of benzene rings is 4. The van der Waals surface area contributed by atoms with Crippen LogP contribution in [0.5, 0.6) is 0 Å².